The fourth-order valence-electron chi connectivity index (χ4n) is 4.57. The maximum absolute atomic E-state index is 13.1. The zero-order chi connectivity index (χ0) is 27.5. The van der Waals surface area contributed by atoms with Crippen LogP contribution in [0.4, 0.5) is 5.69 Å². The molecule has 4 rings (SSSR count). The lowest BCUT2D eigenvalue weighted by molar-refractivity contribution is -0.159. The van der Waals surface area contributed by atoms with Crippen molar-refractivity contribution in [2.45, 2.75) is 45.6 Å². The summed E-state index contributed by atoms with van der Waals surface area (Å²) in [5, 5.41) is 19.0. The van der Waals surface area contributed by atoms with Crippen LogP contribution < -0.4 is 4.90 Å². The Labute approximate surface area is 223 Å². The molecule has 2 fully saturated rings. The van der Waals surface area contributed by atoms with Crippen molar-refractivity contribution >= 4 is 29.2 Å². The van der Waals surface area contributed by atoms with Gasteiger partial charge < -0.3 is 20.0 Å². The number of β-lactam (4-membered cyclic amide) rings is 1. The number of hydrogen-bond donors (Lipinski definition) is 2. The Hall–Kier alpha value is -3.98. The lowest BCUT2D eigenvalue weighted by Crippen LogP contribution is -2.49. The molecule has 1 amide bonds. The van der Waals surface area contributed by atoms with Crippen molar-refractivity contribution < 1.29 is 29.4 Å². The molecule has 0 bridgehead atoms. The van der Waals surface area contributed by atoms with Crippen molar-refractivity contribution in [2.75, 3.05) is 31.1 Å². The fraction of sp³-hybridized carbons (Fsp3) is 0.379. The molecule has 9 nitrogen and oxygen atoms in total. The van der Waals surface area contributed by atoms with Gasteiger partial charge in [0.1, 0.15) is 6.61 Å². The second-order valence-corrected chi connectivity index (χ2v) is 9.31. The van der Waals surface area contributed by atoms with Gasteiger partial charge in [0.2, 0.25) is 0 Å². The third-order valence-corrected chi connectivity index (χ3v) is 6.42. The predicted molar refractivity (Wildman–Crippen MR) is 145 cm³/mol. The number of benzene rings is 2. The average Bonchev–Trinajstić information content (AvgIpc) is 2.92. The number of piperidine rings is 1. The molecule has 2 aromatic rings. The van der Waals surface area contributed by atoms with Crippen LogP contribution in [0.15, 0.2) is 71.4 Å². The molecule has 0 saturated carbocycles. The molecule has 202 valence electrons. The number of carboxylic acids is 2. The normalized spacial score (nSPS) is 18.8. The van der Waals surface area contributed by atoms with Crippen molar-refractivity contribution in [2.24, 2.45) is 5.16 Å². The van der Waals surface area contributed by atoms with Crippen LogP contribution >= 0.6 is 0 Å². The van der Waals surface area contributed by atoms with Gasteiger partial charge in [0.25, 0.3) is 5.91 Å². The quantitative estimate of drug-likeness (QED) is 0.132. The van der Waals surface area contributed by atoms with Gasteiger partial charge in [0, 0.05) is 17.8 Å². The highest BCUT2D eigenvalue weighted by Gasteiger charge is 2.44. The third kappa shape index (κ3) is 7.76. The first-order valence-corrected chi connectivity index (χ1v) is 12.8. The number of nitrogens with zero attached hydrogens (tertiary/aromatic N) is 3. The van der Waals surface area contributed by atoms with Crippen LogP contribution in [0, 0.1) is 6.92 Å². The highest BCUT2D eigenvalue weighted by atomic mass is 16.6. The SMILES string of the molecule is CC(C=C1C(=O)N(c2ccccc2C)C1c1ccccc1)=NOCCCN1CCCCC1.O=C(O)C(=O)O. The van der Waals surface area contributed by atoms with Gasteiger partial charge in [-0.2, -0.15) is 0 Å². The number of rotatable bonds is 8. The van der Waals surface area contributed by atoms with Crippen LogP contribution in [0.5, 0.6) is 0 Å². The van der Waals surface area contributed by atoms with E-state index in [0.717, 1.165) is 41.1 Å². The van der Waals surface area contributed by atoms with E-state index in [1.54, 1.807) is 0 Å². The molecule has 0 radical (unpaired) electrons. The number of allylic oxidation sites excluding steroid dienone is 1. The maximum atomic E-state index is 13.1. The minimum Gasteiger partial charge on any atom is -0.473 e. The van der Waals surface area contributed by atoms with Crippen LogP contribution in [0.3, 0.4) is 0 Å². The minimum atomic E-state index is -1.82. The molecule has 38 heavy (non-hydrogen) atoms. The number of carbonyl (C=O) groups is 3. The highest BCUT2D eigenvalue weighted by molar-refractivity contribution is 6.27. The van der Waals surface area contributed by atoms with Crippen LogP contribution in [0.2, 0.25) is 0 Å². The number of aliphatic carboxylic acids is 2. The first-order chi connectivity index (χ1) is 18.3. The molecule has 2 aliphatic heterocycles. The summed E-state index contributed by atoms with van der Waals surface area (Å²) in [6.45, 7) is 8.00. The Kier molecular flexibility index (Phi) is 10.6. The second-order valence-electron chi connectivity index (χ2n) is 9.31. The number of carbonyl (C=O) groups excluding carboxylic acids is 1. The van der Waals surface area contributed by atoms with Crippen molar-refractivity contribution in [3.8, 4) is 0 Å². The molecule has 2 heterocycles. The number of aryl methyl sites for hydroxylation is 1. The molecule has 1 unspecified atom stereocenters. The van der Waals surface area contributed by atoms with E-state index in [4.69, 9.17) is 24.6 Å². The second kappa shape index (κ2) is 14.1. The Morgan fingerprint density at radius 1 is 1.00 bits per heavy atom. The molecule has 2 saturated heterocycles. The average molecular weight is 522 g/mol. The summed E-state index contributed by atoms with van der Waals surface area (Å²) >= 11 is 0. The lowest BCUT2D eigenvalue weighted by Gasteiger charge is -2.43. The van der Waals surface area contributed by atoms with E-state index in [1.807, 2.05) is 67.3 Å². The molecule has 0 spiro atoms. The Balaban J connectivity index is 0.000000599. The van der Waals surface area contributed by atoms with Gasteiger partial charge >= 0.3 is 11.9 Å². The van der Waals surface area contributed by atoms with Crippen molar-refractivity contribution in [1.82, 2.24) is 4.90 Å². The summed E-state index contributed by atoms with van der Waals surface area (Å²) < 4.78 is 0. The molecule has 0 aliphatic carbocycles. The fourth-order valence-corrected chi connectivity index (χ4v) is 4.57. The van der Waals surface area contributed by atoms with E-state index in [9.17, 15) is 4.79 Å². The molecule has 0 aromatic heterocycles. The van der Waals surface area contributed by atoms with Crippen LogP contribution in [0.1, 0.15) is 49.8 Å². The molecule has 2 aromatic carbocycles. The highest BCUT2D eigenvalue weighted by Crippen LogP contribution is 2.44. The van der Waals surface area contributed by atoms with Crippen molar-refractivity contribution in [3.63, 3.8) is 0 Å². The number of likely N-dealkylation sites (tertiary alicyclic amines) is 1. The summed E-state index contributed by atoms with van der Waals surface area (Å²) in [5.74, 6) is -3.63. The molecule has 2 aliphatic rings. The standard InChI is InChI=1S/C27H33N3O2.C2H2O4/c1-21-12-7-8-15-25(21)30-26(23-13-5-3-6-14-23)24(27(30)31)20-22(2)28-32-19-11-18-29-16-9-4-10-17-29;3-1(4)2(5)6/h3,5-8,12-15,20,26H,4,9-11,16-19H2,1-2H3;(H,3,4)(H,5,6). The molecule has 9 heteroatoms. The van der Waals surface area contributed by atoms with E-state index < -0.39 is 11.9 Å². The first-order valence-electron chi connectivity index (χ1n) is 12.8. The van der Waals surface area contributed by atoms with E-state index in [1.165, 1.54) is 32.4 Å². The van der Waals surface area contributed by atoms with Crippen LogP contribution in [-0.2, 0) is 19.2 Å². The summed E-state index contributed by atoms with van der Waals surface area (Å²) in [5.41, 5.74) is 4.60. The zero-order valence-electron chi connectivity index (χ0n) is 21.9. The molecular formula is C29H35N3O6. The monoisotopic (exact) mass is 521 g/mol. The van der Waals surface area contributed by atoms with E-state index >= 15 is 0 Å². The Bertz CT molecular complexity index is 1160. The molecular weight excluding hydrogens is 486 g/mol. The predicted octanol–water partition coefficient (Wildman–Crippen LogP) is 4.43. The van der Waals surface area contributed by atoms with E-state index in [0.29, 0.717) is 6.61 Å². The molecule has 1 atom stereocenters. The van der Waals surface area contributed by atoms with Gasteiger partial charge in [-0.25, -0.2) is 9.59 Å². The summed E-state index contributed by atoms with van der Waals surface area (Å²) in [7, 11) is 0. The minimum absolute atomic E-state index is 0.0211. The lowest BCUT2D eigenvalue weighted by atomic mass is 9.86. The van der Waals surface area contributed by atoms with E-state index in [-0.39, 0.29) is 11.9 Å². The summed E-state index contributed by atoms with van der Waals surface area (Å²) in [4.78, 5) is 41.3. The number of hydrogen-bond acceptors (Lipinski definition) is 6. The van der Waals surface area contributed by atoms with Crippen molar-refractivity contribution in [3.05, 3.63) is 77.4 Å². The number of oxime groups is 1. The maximum Gasteiger partial charge on any atom is 0.414 e. The van der Waals surface area contributed by atoms with E-state index in [2.05, 4.69) is 22.2 Å². The smallest absolute Gasteiger partial charge is 0.414 e. The third-order valence-electron chi connectivity index (χ3n) is 6.42. The van der Waals surface area contributed by atoms with Gasteiger partial charge in [0.05, 0.1) is 11.8 Å². The topological polar surface area (TPSA) is 120 Å². The number of anilines is 1. The number of amides is 1. The van der Waals surface area contributed by atoms with Gasteiger partial charge in [-0.3, -0.25) is 9.69 Å². The Morgan fingerprint density at radius 3 is 2.26 bits per heavy atom. The number of carboxylic acid groups (broad SMARTS) is 2. The van der Waals surface area contributed by atoms with Crippen LogP contribution in [-0.4, -0.2) is 64.9 Å². The molecule has 2 N–H and O–H groups in total. The van der Waals surface area contributed by atoms with Gasteiger partial charge in [0.15, 0.2) is 0 Å². The van der Waals surface area contributed by atoms with Crippen LogP contribution in [0.25, 0.3) is 0 Å². The van der Waals surface area contributed by atoms with Gasteiger partial charge in [-0.1, -0.05) is 60.1 Å². The first kappa shape index (κ1) is 28.6. The summed E-state index contributed by atoms with van der Waals surface area (Å²) in [6.07, 6.45) is 6.82. The van der Waals surface area contributed by atoms with Gasteiger partial charge in [-0.05, 0) is 69.5 Å². The number of para-hydroxylation sites is 1. The van der Waals surface area contributed by atoms with Crippen molar-refractivity contribution in [1.29, 1.82) is 0 Å². The van der Waals surface area contributed by atoms with Gasteiger partial charge in [-0.15, -0.1) is 0 Å². The summed E-state index contributed by atoms with van der Waals surface area (Å²) in [6, 6.07) is 18.1. The zero-order valence-corrected chi connectivity index (χ0v) is 21.9. The Morgan fingerprint density at radius 2 is 1.63 bits per heavy atom. The largest absolute Gasteiger partial charge is 0.473 e.